The summed E-state index contributed by atoms with van der Waals surface area (Å²) in [5, 5.41) is 10.9. The standard InChI is InChI=1S/C7H11N5O/c1-11-9-4-6(10-11)7(13)12-3-2-8-5-12/h4,8H,2-3,5H2,1H3. The van der Waals surface area contributed by atoms with Crippen LogP contribution >= 0.6 is 0 Å². The monoisotopic (exact) mass is 181 g/mol. The van der Waals surface area contributed by atoms with Gasteiger partial charge in [-0.25, -0.2) is 0 Å². The number of aromatic nitrogens is 3. The number of nitrogens with one attached hydrogen (secondary N) is 1. The lowest BCUT2D eigenvalue weighted by atomic mass is 10.4. The molecule has 0 aliphatic carbocycles. The average molecular weight is 181 g/mol. The molecule has 0 aromatic carbocycles. The van der Waals surface area contributed by atoms with E-state index in [0.717, 1.165) is 13.1 Å². The Kier molecular flexibility index (Phi) is 1.97. The lowest BCUT2D eigenvalue weighted by Crippen LogP contribution is -2.30. The normalized spacial score (nSPS) is 16.5. The Morgan fingerprint density at radius 1 is 1.69 bits per heavy atom. The first-order chi connectivity index (χ1) is 6.27. The third-order valence-electron chi connectivity index (χ3n) is 1.97. The fourth-order valence-corrected chi connectivity index (χ4v) is 1.29. The Morgan fingerprint density at radius 3 is 3.08 bits per heavy atom. The number of hydrogen-bond acceptors (Lipinski definition) is 4. The molecule has 6 nitrogen and oxygen atoms in total. The quantitative estimate of drug-likeness (QED) is 0.592. The van der Waals surface area contributed by atoms with Crippen LogP contribution in [0.25, 0.3) is 0 Å². The first-order valence-electron chi connectivity index (χ1n) is 4.13. The molecule has 1 aliphatic heterocycles. The molecule has 0 saturated carbocycles. The third-order valence-corrected chi connectivity index (χ3v) is 1.97. The third kappa shape index (κ3) is 1.52. The summed E-state index contributed by atoms with van der Waals surface area (Å²) in [6, 6.07) is 0. The molecule has 1 aliphatic rings. The second kappa shape index (κ2) is 3.14. The van der Waals surface area contributed by atoms with E-state index < -0.39 is 0 Å². The van der Waals surface area contributed by atoms with Crippen molar-refractivity contribution in [1.29, 1.82) is 0 Å². The highest BCUT2D eigenvalue weighted by molar-refractivity contribution is 5.92. The number of hydrogen-bond donors (Lipinski definition) is 1. The van der Waals surface area contributed by atoms with Gasteiger partial charge < -0.3 is 4.90 Å². The van der Waals surface area contributed by atoms with Crippen LogP contribution in [0.4, 0.5) is 0 Å². The predicted octanol–water partition coefficient (Wildman–Crippen LogP) is -1.18. The van der Waals surface area contributed by atoms with Gasteiger partial charge in [-0.2, -0.15) is 9.90 Å². The largest absolute Gasteiger partial charge is 0.323 e. The zero-order chi connectivity index (χ0) is 9.26. The summed E-state index contributed by atoms with van der Waals surface area (Å²) in [6.45, 7) is 2.21. The maximum atomic E-state index is 11.6. The molecule has 0 spiro atoms. The molecule has 0 bridgehead atoms. The minimum absolute atomic E-state index is 0.0573. The summed E-state index contributed by atoms with van der Waals surface area (Å²) in [5.74, 6) is -0.0573. The molecule has 2 rings (SSSR count). The minimum atomic E-state index is -0.0573. The van der Waals surface area contributed by atoms with Crippen molar-refractivity contribution < 1.29 is 4.79 Å². The van der Waals surface area contributed by atoms with Gasteiger partial charge in [0.1, 0.15) is 0 Å². The van der Waals surface area contributed by atoms with E-state index in [0.29, 0.717) is 12.4 Å². The Labute approximate surface area is 75.5 Å². The molecule has 0 radical (unpaired) electrons. The molecule has 1 N–H and O–H groups in total. The number of nitrogens with zero attached hydrogens (tertiary/aromatic N) is 4. The van der Waals surface area contributed by atoms with Gasteiger partial charge >= 0.3 is 0 Å². The van der Waals surface area contributed by atoms with Crippen LogP contribution in [0.2, 0.25) is 0 Å². The van der Waals surface area contributed by atoms with Gasteiger partial charge in [0, 0.05) is 20.1 Å². The van der Waals surface area contributed by atoms with Crippen molar-refractivity contribution in [3.63, 3.8) is 0 Å². The van der Waals surface area contributed by atoms with Crippen LogP contribution in [0.3, 0.4) is 0 Å². The molecular formula is C7H11N5O. The number of rotatable bonds is 1. The molecule has 1 aromatic heterocycles. The molecule has 0 unspecified atom stereocenters. The van der Waals surface area contributed by atoms with E-state index in [9.17, 15) is 4.79 Å². The van der Waals surface area contributed by atoms with E-state index in [2.05, 4.69) is 15.5 Å². The molecule has 1 fully saturated rings. The number of carbonyl (C=O) groups is 1. The van der Waals surface area contributed by atoms with E-state index in [-0.39, 0.29) is 5.91 Å². The highest BCUT2D eigenvalue weighted by atomic mass is 16.2. The number of amides is 1. The van der Waals surface area contributed by atoms with Gasteiger partial charge in [-0.15, -0.1) is 5.10 Å². The Balaban J connectivity index is 2.12. The summed E-state index contributed by atoms with van der Waals surface area (Å²) in [6.07, 6.45) is 1.49. The second-order valence-electron chi connectivity index (χ2n) is 2.95. The summed E-state index contributed by atoms with van der Waals surface area (Å²) in [7, 11) is 1.69. The van der Waals surface area contributed by atoms with Crippen molar-refractivity contribution in [3.8, 4) is 0 Å². The van der Waals surface area contributed by atoms with Crippen molar-refractivity contribution >= 4 is 5.91 Å². The molecule has 2 heterocycles. The SMILES string of the molecule is Cn1ncc(C(=O)N2CCNC2)n1. The summed E-state index contributed by atoms with van der Waals surface area (Å²) in [4.78, 5) is 14.7. The van der Waals surface area contributed by atoms with Crippen molar-refractivity contribution in [2.24, 2.45) is 7.05 Å². The predicted molar refractivity (Wildman–Crippen MR) is 44.9 cm³/mol. The smallest absolute Gasteiger partial charge is 0.277 e. The maximum absolute atomic E-state index is 11.6. The number of carbonyl (C=O) groups excluding carboxylic acids is 1. The highest BCUT2D eigenvalue weighted by Crippen LogP contribution is 2.01. The summed E-state index contributed by atoms with van der Waals surface area (Å²) >= 11 is 0. The molecule has 6 heteroatoms. The van der Waals surface area contributed by atoms with Crippen LogP contribution in [0.15, 0.2) is 6.20 Å². The molecule has 1 amide bonds. The minimum Gasteiger partial charge on any atom is -0.323 e. The van der Waals surface area contributed by atoms with Gasteiger partial charge in [-0.3, -0.25) is 10.1 Å². The van der Waals surface area contributed by atoms with E-state index in [1.165, 1.54) is 11.0 Å². The first kappa shape index (κ1) is 8.18. The average Bonchev–Trinajstić information content (AvgIpc) is 2.72. The molecule has 13 heavy (non-hydrogen) atoms. The van der Waals surface area contributed by atoms with Crippen LogP contribution < -0.4 is 5.32 Å². The molecule has 1 saturated heterocycles. The van der Waals surface area contributed by atoms with Crippen molar-refractivity contribution in [1.82, 2.24) is 25.2 Å². The maximum Gasteiger partial charge on any atom is 0.277 e. The molecular weight excluding hydrogens is 170 g/mol. The highest BCUT2D eigenvalue weighted by Gasteiger charge is 2.21. The van der Waals surface area contributed by atoms with Crippen LogP contribution in [0.5, 0.6) is 0 Å². The van der Waals surface area contributed by atoms with Gasteiger partial charge in [-0.1, -0.05) is 0 Å². The fourth-order valence-electron chi connectivity index (χ4n) is 1.29. The fraction of sp³-hybridized carbons (Fsp3) is 0.571. The van der Waals surface area contributed by atoms with Crippen LogP contribution in [-0.2, 0) is 7.05 Å². The Morgan fingerprint density at radius 2 is 2.54 bits per heavy atom. The molecule has 70 valence electrons. The zero-order valence-electron chi connectivity index (χ0n) is 7.40. The van der Waals surface area contributed by atoms with E-state index in [4.69, 9.17) is 0 Å². The summed E-state index contributed by atoms with van der Waals surface area (Å²) in [5.41, 5.74) is 0.409. The van der Waals surface area contributed by atoms with Crippen molar-refractivity contribution in [3.05, 3.63) is 11.9 Å². The van der Waals surface area contributed by atoms with E-state index in [1.54, 1.807) is 11.9 Å². The van der Waals surface area contributed by atoms with Gasteiger partial charge in [0.15, 0.2) is 5.69 Å². The first-order valence-corrected chi connectivity index (χ1v) is 4.13. The van der Waals surface area contributed by atoms with Crippen LogP contribution in [0.1, 0.15) is 10.5 Å². The second-order valence-corrected chi connectivity index (χ2v) is 2.95. The van der Waals surface area contributed by atoms with Gasteiger partial charge in [-0.05, 0) is 0 Å². The zero-order valence-corrected chi connectivity index (χ0v) is 7.40. The van der Waals surface area contributed by atoms with Gasteiger partial charge in [0.05, 0.1) is 12.9 Å². The van der Waals surface area contributed by atoms with Crippen LogP contribution in [-0.4, -0.2) is 45.6 Å². The lowest BCUT2D eigenvalue weighted by Gasteiger charge is -2.11. The van der Waals surface area contributed by atoms with Crippen molar-refractivity contribution in [2.45, 2.75) is 0 Å². The van der Waals surface area contributed by atoms with E-state index in [1.807, 2.05) is 0 Å². The summed E-state index contributed by atoms with van der Waals surface area (Å²) < 4.78 is 0. The lowest BCUT2D eigenvalue weighted by molar-refractivity contribution is 0.0784. The van der Waals surface area contributed by atoms with Gasteiger partial charge in [0.2, 0.25) is 0 Å². The number of aryl methyl sites for hydroxylation is 1. The topological polar surface area (TPSA) is 63.1 Å². The van der Waals surface area contributed by atoms with Crippen LogP contribution in [0, 0.1) is 0 Å². The molecule has 1 aromatic rings. The van der Waals surface area contributed by atoms with Gasteiger partial charge in [0.25, 0.3) is 5.91 Å². The Bertz CT molecular complexity index is 314. The Hall–Kier alpha value is -1.43. The van der Waals surface area contributed by atoms with E-state index >= 15 is 0 Å². The molecule has 0 atom stereocenters. The van der Waals surface area contributed by atoms with Crippen molar-refractivity contribution in [2.75, 3.05) is 19.8 Å².